The summed E-state index contributed by atoms with van der Waals surface area (Å²) in [6, 6.07) is 13.0. The van der Waals surface area contributed by atoms with E-state index in [-0.39, 0.29) is 5.82 Å². The van der Waals surface area contributed by atoms with Crippen molar-refractivity contribution in [2.75, 3.05) is 11.2 Å². The molecule has 0 aliphatic heterocycles. The number of aryl methyl sites for hydroxylation is 1. The molecule has 0 fully saturated rings. The minimum Gasteiger partial charge on any atom is -0.334 e. The van der Waals surface area contributed by atoms with Crippen LogP contribution in [-0.2, 0) is 5.75 Å². The fourth-order valence-corrected chi connectivity index (χ4v) is 3.21. The number of nitrogens with zero attached hydrogens (tertiary/aromatic N) is 3. The number of nitrogens with one attached hydrogen (secondary N) is 1. The third-order valence-corrected chi connectivity index (χ3v) is 5.29. The summed E-state index contributed by atoms with van der Waals surface area (Å²) < 4.78 is 0.978. The van der Waals surface area contributed by atoms with Gasteiger partial charge in [0.25, 0.3) is 0 Å². The van der Waals surface area contributed by atoms with Crippen LogP contribution in [0.15, 0.2) is 52.4 Å². The van der Waals surface area contributed by atoms with Crippen molar-refractivity contribution in [3.05, 3.63) is 74.0 Å². The molecule has 3 rings (SSSR count). The number of benzene rings is 2. The number of halogens is 2. The monoisotopic (exact) mass is 407 g/mol. The van der Waals surface area contributed by atoms with Gasteiger partial charge in [0.15, 0.2) is 0 Å². The molecule has 26 heavy (non-hydrogen) atoms. The van der Waals surface area contributed by atoms with E-state index in [9.17, 15) is 4.79 Å². The molecule has 0 aliphatic rings. The summed E-state index contributed by atoms with van der Waals surface area (Å²) in [5.41, 5.74) is 2.36. The van der Waals surface area contributed by atoms with Crippen molar-refractivity contribution >= 4 is 46.5 Å². The Morgan fingerprint density at radius 2 is 1.85 bits per heavy atom. The number of hydrogen-bond donors (Lipinski definition) is 2. The molecule has 3 N–H and O–H groups in total. The summed E-state index contributed by atoms with van der Waals surface area (Å²) in [5, 5.41) is 11.9. The maximum atomic E-state index is 12.4. The van der Waals surface area contributed by atoms with Crippen molar-refractivity contribution in [2.24, 2.45) is 0 Å². The van der Waals surface area contributed by atoms with E-state index in [2.05, 4.69) is 15.5 Å². The summed E-state index contributed by atoms with van der Waals surface area (Å²) in [5.74, 6) is 6.51. The smallest absolute Gasteiger partial charge is 0.315 e. The van der Waals surface area contributed by atoms with Crippen LogP contribution in [0.1, 0.15) is 11.1 Å². The van der Waals surface area contributed by atoms with E-state index in [1.54, 1.807) is 18.2 Å². The minimum absolute atomic E-state index is 0.00516. The van der Waals surface area contributed by atoms with Gasteiger partial charge >= 0.3 is 5.56 Å². The summed E-state index contributed by atoms with van der Waals surface area (Å²) in [6.45, 7) is 2.03. The number of thioether (sulfide) groups is 1. The molecule has 2 aromatic carbocycles. The second-order valence-electron chi connectivity index (χ2n) is 5.53. The van der Waals surface area contributed by atoms with Crippen LogP contribution >= 0.6 is 35.0 Å². The Bertz CT molecular complexity index is 991. The van der Waals surface area contributed by atoms with E-state index in [0.717, 1.165) is 10.2 Å². The predicted octanol–water partition coefficient (Wildman–Crippen LogP) is 4.00. The van der Waals surface area contributed by atoms with Crippen LogP contribution in [0, 0.1) is 6.92 Å². The molecule has 134 valence electrons. The Morgan fingerprint density at radius 3 is 2.54 bits per heavy atom. The SMILES string of the molecule is Cc1ccc(CSc2nnc(Nc3ccc(Cl)c(Cl)c3)c(=O)n2N)cc1. The van der Waals surface area contributed by atoms with Crippen LogP contribution in [-0.4, -0.2) is 14.9 Å². The molecule has 6 nitrogen and oxygen atoms in total. The molecule has 0 unspecified atom stereocenters. The highest BCUT2D eigenvalue weighted by molar-refractivity contribution is 7.98. The van der Waals surface area contributed by atoms with E-state index in [0.29, 0.717) is 26.6 Å². The fourth-order valence-electron chi connectivity index (χ4n) is 2.10. The van der Waals surface area contributed by atoms with Gasteiger partial charge in [0.1, 0.15) is 0 Å². The Hall–Kier alpha value is -2.22. The normalized spacial score (nSPS) is 10.7. The number of rotatable bonds is 5. The number of anilines is 2. The molecule has 1 heterocycles. The van der Waals surface area contributed by atoms with E-state index >= 15 is 0 Å². The van der Waals surface area contributed by atoms with E-state index in [4.69, 9.17) is 29.0 Å². The average Bonchev–Trinajstić information content (AvgIpc) is 2.63. The first-order chi connectivity index (χ1) is 12.4. The molecule has 0 spiro atoms. The Kier molecular flexibility index (Phi) is 5.70. The quantitative estimate of drug-likeness (QED) is 0.490. The minimum atomic E-state index is -0.488. The first-order valence-corrected chi connectivity index (χ1v) is 9.33. The lowest BCUT2D eigenvalue weighted by molar-refractivity contribution is 0.705. The number of nitrogen functional groups attached to an aromatic ring is 1. The molecule has 0 atom stereocenters. The van der Waals surface area contributed by atoms with Gasteiger partial charge in [-0.05, 0) is 30.7 Å². The Labute approximate surface area is 164 Å². The zero-order chi connectivity index (χ0) is 18.7. The molecule has 0 amide bonds. The highest BCUT2D eigenvalue weighted by Gasteiger charge is 2.12. The predicted molar refractivity (Wildman–Crippen MR) is 107 cm³/mol. The van der Waals surface area contributed by atoms with Crippen molar-refractivity contribution in [1.82, 2.24) is 14.9 Å². The lowest BCUT2D eigenvalue weighted by Crippen LogP contribution is -2.32. The second-order valence-corrected chi connectivity index (χ2v) is 7.29. The van der Waals surface area contributed by atoms with Crippen molar-refractivity contribution in [3.63, 3.8) is 0 Å². The molecular weight excluding hydrogens is 393 g/mol. The highest BCUT2D eigenvalue weighted by atomic mass is 35.5. The van der Waals surface area contributed by atoms with Gasteiger partial charge < -0.3 is 11.2 Å². The van der Waals surface area contributed by atoms with Gasteiger partial charge in [-0.1, -0.05) is 64.8 Å². The highest BCUT2D eigenvalue weighted by Crippen LogP contribution is 2.26. The first-order valence-electron chi connectivity index (χ1n) is 7.59. The zero-order valence-electron chi connectivity index (χ0n) is 13.7. The molecule has 0 saturated heterocycles. The fraction of sp³-hybridized carbons (Fsp3) is 0.118. The van der Waals surface area contributed by atoms with Crippen molar-refractivity contribution < 1.29 is 0 Å². The largest absolute Gasteiger partial charge is 0.334 e. The molecule has 0 radical (unpaired) electrons. The van der Waals surface area contributed by atoms with Gasteiger partial charge in [-0.15, -0.1) is 10.2 Å². The van der Waals surface area contributed by atoms with Crippen LogP contribution in [0.4, 0.5) is 11.5 Å². The van der Waals surface area contributed by atoms with Crippen molar-refractivity contribution in [2.45, 2.75) is 17.8 Å². The summed E-state index contributed by atoms with van der Waals surface area (Å²) >= 11 is 13.2. The van der Waals surface area contributed by atoms with Crippen molar-refractivity contribution in [3.8, 4) is 0 Å². The van der Waals surface area contributed by atoms with Crippen LogP contribution < -0.4 is 16.7 Å². The molecule has 9 heteroatoms. The van der Waals surface area contributed by atoms with Crippen LogP contribution in [0.3, 0.4) is 0 Å². The lowest BCUT2D eigenvalue weighted by atomic mass is 10.2. The second kappa shape index (κ2) is 7.99. The van der Waals surface area contributed by atoms with Crippen molar-refractivity contribution in [1.29, 1.82) is 0 Å². The lowest BCUT2D eigenvalue weighted by Gasteiger charge is -2.09. The topological polar surface area (TPSA) is 85.8 Å². The molecule has 0 saturated carbocycles. The van der Waals surface area contributed by atoms with E-state index in [1.165, 1.54) is 17.3 Å². The summed E-state index contributed by atoms with van der Waals surface area (Å²) in [7, 11) is 0. The maximum Gasteiger partial charge on any atom is 0.315 e. The zero-order valence-corrected chi connectivity index (χ0v) is 16.1. The molecular formula is C17H15Cl2N5OS. The van der Waals surface area contributed by atoms with Crippen LogP contribution in [0.25, 0.3) is 0 Å². The van der Waals surface area contributed by atoms with Gasteiger partial charge in [-0.3, -0.25) is 4.79 Å². The van der Waals surface area contributed by atoms with Crippen LogP contribution in [0.5, 0.6) is 0 Å². The Morgan fingerprint density at radius 1 is 1.12 bits per heavy atom. The third kappa shape index (κ3) is 4.30. The third-order valence-electron chi connectivity index (χ3n) is 3.53. The number of nitrogens with two attached hydrogens (primary N) is 1. The number of aromatic nitrogens is 3. The van der Waals surface area contributed by atoms with Gasteiger partial charge in [0.05, 0.1) is 10.0 Å². The van der Waals surface area contributed by atoms with E-state index in [1.807, 2.05) is 31.2 Å². The molecule has 0 aliphatic carbocycles. The van der Waals surface area contributed by atoms with Gasteiger partial charge in [-0.25, -0.2) is 0 Å². The summed E-state index contributed by atoms with van der Waals surface area (Å²) in [4.78, 5) is 12.4. The van der Waals surface area contributed by atoms with Gasteiger partial charge in [0, 0.05) is 11.4 Å². The Balaban J connectivity index is 1.76. The summed E-state index contributed by atoms with van der Waals surface area (Å²) in [6.07, 6.45) is 0. The molecule has 1 aromatic heterocycles. The van der Waals surface area contributed by atoms with E-state index < -0.39 is 5.56 Å². The molecule has 3 aromatic rings. The van der Waals surface area contributed by atoms with Gasteiger partial charge in [0.2, 0.25) is 11.0 Å². The standard InChI is InChI=1S/C17H15Cl2N5OS/c1-10-2-4-11(5-3-10)9-26-17-23-22-15(16(25)24(17)20)21-12-6-7-13(18)14(19)8-12/h2-8H,9,20H2,1H3,(H,21,22). The number of hydrogen-bond acceptors (Lipinski definition) is 6. The van der Waals surface area contributed by atoms with Crippen LogP contribution in [0.2, 0.25) is 10.0 Å². The first kappa shape index (κ1) is 18.6. The molecule has 0 bridgehead atoms. The maximum absolute atomic E-state index is 12.4. The average molecular weight is 408 g/mol. The van der Waals surface area contributed by atoms with Gasteiger partial charge in [-0.2, -0.15) is 4.68 Å².